The fraction of sp³-hybridized carbons (Fsp3) is 0.143. The molecule has 0 heterocycles. The van der Waals surface area contributed by atoms with E-state index >= 15 is 0 Å². The SMILES string of the molecule is Nc1cccc(Cl)c1OCc1ccc(CO)cc1. The van der Waals surface area contributed by atoms with Crippen LogP contribution in [0.5, 0.6) is 5.75 Å². The lowest BCUT2D eigenvalue weighted by Crippen LogP contribution is -1.99. The fourth-order valence-corrected chi connectivity index (χ4v) is 1.81. The number of aliphatic hydroxyl groups excluding tert-OH is 1. The maximum Gasteiger partial charge on any atom is 0.161 e. The molecular weight excluding hydrogens is 250 g/mol. The molecule has 2 rings (SSSR count). The van der Waals surface area contributed by atoms with E-state index in [4.69, 9.17) is 27.2 Å². The average molecular weight is 264 g/mol. The summed E-state index contributed by atoms with van der Waals surface area (Å²) in [5.74, 6) is 0.505. The molecule has 0 aliphatic rings. The van der Waals surface area contributed by atoms with Crippen LogP contribution in [0.1, 0.15) is 11.1 Å². The minimum Gasteiger partial charge on any atom is -0.485 e. The van der Waals surface area contributed by atoms with E-state index in [9.17, 15) is 0 Å². The molecule has 4 heteroatoms. The summed E-state index contributed by atoms with van der Waals surface area (Å²) in [4.78, 5) is 0. The van der Waals surface area contributed by atoms with Gasteiger partial charge in [-0.3, -0.25) is 0 Å². The Hall–Kier alpha value is -1.71. The Morgan fingerprint density at radius 2 is 1.72 bits per heavy atom. The number of nitrogen functional groups attached to an aromatic ring is 1. The number of rotatable bonds is 4. The summed E-state index contributed by atoms with van der Waals surface area (Å²) in [7, 11) is 0. The minimum atomic E-state index is 0.0403. The molecule has 0 saturated heterocycles. The largest absolute Gasteiger partial charge is 0.485 e. The normalized spacial score (nSPS) is 10.3. The van der Waals surface area contributed by atoms with Crippen molar-refractivity contribution in [1.29, 1.82) is 0 Å². The number of anilines is 1. The monoisotopic (exact) mass is 263 g/mol. The quantitative estimate of drug-likeness (QED) is 0.834. The third-order valence-electron chi connectivity index (χ3n) is 2.59. The summed E-state index contributed by atoms with van der Waals surface area (Å²) in [5.41, 5.74) is 8.17. The molecule has 0 aliphatic carbocycles. The molecular formula is C14H14ClNO2. The highest BCUT2D eigenvalue weighted by Crippen LogP contribution is 2.31. The van der Waals surface area contributed by atoms with Gasteiger partial charge in [0.2, 0.25) is 0 Å². The van der Waals surface area contributed by atoms with Crippen LogP contribution in [0.2, 0.25) is 5.02 Å². The molecule has 0 amide bonds. The first-order valence-electron chi connectivity index (χ1n) is 5.56. The highest BCUT2D eigenvalue weighted by atomic mass is 35.5. The standard InChI is InChI=1S/C14H14ClNO2/c15-12-2-1-3-13(16)14(12)18-9-11-6-4-10(8-17)5-7-11/h1-7,17H,8-9,16H2. The van der Waals surface area contributed by atoms with E-state index in [0.29, 0.717) is 23.1 Å². The molecule has 0 saturated carbocycles. The Morgan fingerprint density at radius 1 is 1.06 bits per heavy atom. The summed E-state index contributed by atoms with van der Waals surface area (Å²) in [5, 5.41) is 9.45. The Labute approximate surface area is 111 Å². The number of hydrogen-bond donors (Lipinski definition) is 2. The second-order valence-electron chi connectivity index (χ2n) is 3.92. The van der Waals surface area contributed by atoms with Crippen LogP contribution in [0.15, 0.2) is 42.5 Å². The lowest BCUT2D eigenvalue weighted by molar-refractivity contribution is 0.281. The third-order valence-corrected chi connectivity index (χ3v) is 2.88. The van der Waals surface area contributed by atoms with Crippen LogP contribution in [0.3, 0.4) is 0 Å². The van der Waals surface area contributed by atoms with Crippen molar-refractivity contribution in [3.05, 3.63) is 58.6 Å². The van der Waals surface area contributed by atoms with Gasteiger partial charge >= 0.3 is 0 Å². The van der Waals surface area contributed by atoms with Gasteiger partial charge < -0.3 is 15.6 Å². The molecule has 0 unspecified atom stereocenters. The van der Waals surface area contributed by atoms with E-state index in [1.807, 2.05) is 24.3 Å². The summed E-state index contributed by atoms with van der Waals surface area (Å²) in [6.07, 6.45) is 0. The number of ether oxygens (including phenoxy) is 1. The highest BCUT2D eigenvalue weighted by molar-refractivity contribution is 6.32. The minimum absolute atomic E-state index is 0.0403. The van der Waals surface area contributed by atoms with Crippen molar-refractivity contribution in [2.45, 2.75) is 13.2 Å². The van der Waals surface area contributed by atoms with Crippen molar-refractivity contribution in [2.75, 3.05) is 5.73 Å². The van der Waals surface area contributed by atoms with Gasteiger partial charge in [-0.05, 0) is 23.3 Å². The van der Waals surface area contributed by atoms with Gasteiger partial charge in [0, 0.05) is 0 Å². The number of benzene rings is 2. The topological polar surface area (TPSA) is 55.5 Å². The summed E-state index contributed by atoms with van der Waals surface area (Å²) >= 11 is 6.01. The van der Waals surface area contributed by atoms with E-state index in [-0.39, 0.29) is 6.61 Å². The molecule has 94 valence electrons. The van der Waals surface area contributed by atoms with Crippen LogP contribution in [0.4, 0.5) is 5.69 Å². The van der Waals surface area contributed by atoms with Gasteiger partial charge in [-0.2, -0.15) is 0 Å². The van der Waals surface area contributed by atoms with Crippen molar-refractivity contribution >= 4 is 17.3 Å². The van der Waals surface area contributed by atoms with Gasteiger partial charge in [-0.15, -0.1) is 0 Å². The molecule has 2 aromatic carbocycles. The lowest BCUT2D eigenvalue weighted by Gasteiger charge is -2.10. The summed E-state index contributed by atoms with van der Waals surface area (Å²) < 4.78 is 5.61. The molecule has 18 heavy (non-hydrogen) atoms. The van der Waals surface area contributed by atoms with Gasteiger partial charge in [-0.25, -0.2) is 0 Å². The highest BCUT2D eigenvalue weighted by Gasteiger charge is 2.05. The lowest BCUT2D eigenvalue weighted by atomic mass is 10.1. The molecule has 3 N–H and O–H groups in total. The van der Waals surface area contributed by atoms with Crippen molar-refractivity contribution < 1.29 is 9.84 Å². The van der Waals surface area contributed by atoms with E-state index in [1.165, 1.54) is 0 Å². The zero-order valence-corrected chi connectivity index (χ0v) is 10.5. The predicted octanol–water partition coefficient (Wildman–Crippen LogP) is 2.99. The van der Waals surface area contributed by atoms with Crippen LogP contribution in [0.25, 0.3) is 0 Å². The molecule has 0 radical (unpaired) electrons. The van der Waals surface area contributed by atoms with Gasteiger partial charge in [0.25, 0.3) is 0 Å². The Morgan fingerprint density at radius 3 is 2.33 bits per heavy atom. The zero-order valence-electron chi connectivity index (χ0n) is 9.77. The molecule has 0 bridgehead atoms. The first kappa shape index (κ1) is 12.7. The Kier molecular flexibility index (Phi) is 4.07. The third kappa shape index (κ3) is 2.94. The van der Waals surface area contributed by atoms with Crippen molar-refractivity contribution in [3.63, 3.8) is 0 Å². The van der Waals surface area contributed by atoms with E-state index in [1.54, 1.807) is 18.2 Å². The van der Waals surface area contributed by atoms with Crippen LogP contribution in [-0.2, 0) is 13.2 Å². The number of nitrogens with two attached hydrogens (primary N) is 1. The van der Waals surface area contributed by atoms with Gasteiger partial charge in [0.1, 0.15) is 6.61 Å². The second kappa shape index (κ2) is 5.76. The van der Waals surface area contributed by atoms with Crippen molar-refractivity contribution in [3.8, 4) is 5.75 Å². The zero-order chi connectivity index (χ0) is 13.0. The first-order chi connectivity index (χ1) is 8.70. The maximum atomic E-state index is 8.94. The van der Waals surface area contributed by atoms with Gasteiger partial charge in [0.15, 0.2) is 5.75 Å². The number of para-hydroxylation sites is 1. The number of halogens is 1. The molecule has 0 fully saturated rings. The molecule has 0 aliphatic heterocycles. The summed E-state index contributed by atoms with van der Waals surface area (Å²) in [6, 6.07) is 12.8. The van der Waals surface area contributed by atoms with Crippen LogP contribution >= 0.6 is 11.6 Å². The fourth-order valence-electron chi connectivity index (χ4n) is 1.57. The van der Waals surface area contributed by atoms with Gasteiger partial charge in [-0.1, -0.05) is 41.9 Å². The van der Waals surface area contributed by atoms with Crippen LogP contribution in [-0.4, -0.2) is 5.11 Å². The van der Waals surface area contributed by atoms with Crippen LogP contribution in [0, 0.1) is 0 Å². The average Bonchev–Trinajstić information content (AvgIpc) is 2.39. The van der Waals surface area contributed by atoms with E-state index in [2.05, 4.69) is 0 Å². The van der Waals surface area contributed by atoms with E-state index < -0.39 is 0 Å². The number of aliphatic hydroxyl groups is 1. The number of hydrogen-bond acceptors (Lipinski definition) is 3. The molecule has 3 nitrogen and oxygen atoms in total. The Bertz CT molecular complexity index is 506. The predicted molar refractivity (Wildman–Crippen MR) is 72.6 cm³/mol. The van der Waals surface area contributed by atoms with Crippen molar-refractivity contribution in [2.24, 2.45) is 0 Å². The molecule has 2 aromatic rings. The molecule has 0 spiro atoms. The van der Waals surface area contributed by atoms with E-state index in [0.717, 1.165) is 11.1 Å². The molecule has 0 atom stereocenters. The van der Waals surface area contributed by atoms with Gasteiger partial charge in [0.05, 0.1) is 17.3 Å². The Balaban J connectivity index is 2.06. The maximum absolute atomic E-state index is 8.94. The van der Waals surface area contributed by atoms with Crippen molar-refractivity contribution in [1.82, 2.24) is 0 Å². The summed E-state index contributed by atoms with van der Waals surface area (Å²) in [6.45, 7) is 0.429. The first-order valence-corrected chi connectivity index (χ1v) is 5.94. The van der Waals surface area contributed by atoms with Crippen LogP contribution < -0.4 is 10.5 Å². The molecule has 0 aromatic heterocycles. The second-order valence-corrected chi connectivity index (χ2v) is 4.33. The smallest absolute Gasteiger partial charge is 0.161 e.